The van der Waals surface area contributed by atoms with Crippen molar-refractivity contribution in [1.29, 1.82) is 0 Å². The molecule has 31 heavy (non-hydrogen) atoms. The van der Waals surface area contributed by atoms with Gasteiger partial charge in [0, 0.05) is 10.5 Å². The molecule has 1 saturated heterocycles. The molecule has 1 saturated carbocycles. The molecular weight excluding hydrogens is 460 g/mol. The van der Waals surface area contributed by atoms with E-state index in [0.717, 1.165) is 47.2 Å². The maximum Gasteiger partial charge on any atom is 0.405 e. The second-order valence-corrected chi connectivity index (χ2v) is 9.88. The van der Waals surface area contributed by atoms with Crippen LogP contribution in [-0.2, 0) is 4.79 Å². The Morgan fingerprint density at radius 1 is 1.23 bits per heavy atom. The minimum Gasteiger partial charge on any atom is -0.465 e. The van der Waals surface area contributed by atoms with Gasteiger partial charge >= 0.3 is 6.09 Å². The van der Waals surface area contributed by atoms with Crippen LogP contribution in [0, 0.1) is 11.8 Å². The molecule has 1 aromatic heterocycles. The van der Waals surface area contributed by atoms with Gasteiger partial charge in [-0.2, -0.15) is 0 Å². The van der Waals surface area contributed by atoms with Crippen molar-refractivity contribution in [3.63, 3.8) is 0 Å². The number of hydrogen-bond donors (Lipinski definition) is 3. The molecule has 1 aliphatic heterocycles. The van der Waals surface area contributed by atoms with Crippen molar-refractivity contribution < 1.29 is 14.7 Å². The van der Waals surface area contributed by atoms with Crippen molar-refractivity contribution in [2.75, 3.05) is 0 Å². The van der Waals surface area contributed by atoms with E-state index in [1.54, 1.807) is 0 Å². The molecule has 2 amide bonds. The number of fused-ring (bicyclic) bond motifs is 1. The molecule has 0 unspecified atom stereocenters. The summed E-state index contributed by atoms with van der Waals surface area (Å²) in [5, 5.41) is 11.7. The zero-order chi connectivity index (χ0) is 22.1. The number of H-pyrrole nitrogens is 1. The first-order valence-corrected chi connectivity index (χ1v) is 11.8. The van der Waals surface area contributed by atoms with Gasteiger partial charge < -0.3 is 20.3 Å². The van der Waals surface area contributed by atoms with Gasteiger partial charge in [0.25, 0.3) is 0 Å². The van der Waals surface area contributed by atoms with E-state index < -0.39 is 12.1 Å². The molecule has 2 aliphatic rings. The van der Waals surface area contributed by atoms with Crippen LogP contribution in [0.1, 0.15) is 57.8 Å². The van der Waals surface area contributed by atoms with Gasteiger partial charge in [-0.05, 0) is 48.8 Å². The lowest BCUT2D eigenvalue weighted by molar-refractivity contribution is -0.138. The summed E-state index contributed by atoms with van der Waals surface area (Å²) in [6.07, 6.45) is 5.85. The van der Waals surface area contributed by atoms with E-state index in [0.29, 0.717) is 5.92 Å². The van der Waals surface area contributed by atoms with Crippen LogP contribution in [-0.4, -0.2) is 44.1 Å². The lowest BCUT2D eigenvalue weighted by atomic mass is 9.84. The number of halogens is 1. The molecule has 4 rings (SSSR count). The molecule has 2 heterocycles. The maximum absolute atomic E-state index is 13.6. The summed E-state index contributed by atoms with van der Waals surface area (Å²) in [4.78, 5) is 35.0. The number of carboxylic acid groups (broad SMARTS) is 1. The number of carbonyl (C=O) groups is 2. The van der Waals surface area contributed by atoms with Crippen molar-refractivity contribution in [2.24, 2.45) is 11.8 Å². The number of amides is 2. The van der Waals surface area contributed by atoms with Crippen LogP contribution in [0.15, 0.2) is 34.9 Å². The Hall–Kier alpha value is -2.35. The topological polar surface area (TPSA) is 98.3 Å². The fraction of sp³-hybridized carbons (Fsp3) is 0.522. The number of hydrogen-bond acceptors (Lipinski definition) is 3. The molecular formula is C23H29BrN4O3. The number of rotatable bonds is 5. The smallest absolute Gasteiger partial charge is 0.405 e. The first-order valence-electron chi connectivity index (χ1n) is 11.0. The van der Waals surface area contributed by atoms with Gasteiger partial charge in [0.05, 0.1) is 17.9 Å². The van der Waals surface area contributed by atoms with E-state index in [-0.39, 0.29) is 23.9 Å². The summed E-state index contributed by atoms with van der Waals surface area (Å²) in [5.41, 5.74) is 1.94. The van der Waals surface area contributed by atoms with Gasteiger partial charge in [-0.15, -0.1) is 0 Å². The monoisotopic (exact) mass is 488 g/mol. The number of imidazole rings is 1. The van der Waals surface area contributed by atoms with Crippen LogP contribution in [0.25, 0.3) is 11.3 Å². The van der Waals surface area contributed by atoms with E-state index in [2.05, 4.69) is 31.2 Å². The molecule has 7 nitrogen and oxygen atoms in total. The molecule has 1 aromatic carbocycles. The average molecular weight is 489 g/mol. The summed E-state index contributed by atoms with van der Waals surface area (Å²) in [5.74, 6) is 0.931. The third kappa shape index (κ3) is 4.49. The van der Waals surface area contributed by atoms with Crippen LogP contribution >= 0.6 is 15.9 Å². The molecule has 8 heteroatoms. The highest BCUT2D eigenvalue weighted by Gasteiger charge is 2.48. The zero-order valence-corrected chi connectivity index (χ0v) is 19.4. The molecule has 3 N–H and O–H groups in total. The molecule has 2 fully saturated rings. The normalized spacial score (nSPS) is 24.1. The number of carbonyl (C=O) groups excluding carboxylic acids is 1. The predicted octanol–water partition coefficient (Wildman–Crippen LogP) is 4.96. The number of likely N-dealkylation sites (tertiary alicyclic amines) is 1. The lowest BCUT2D eigenvalue weighted by Crippen LogP contribution is -2.53. The number of aromatic amines is 1. The van der Waals surface area contributed by atoms with Gasteiger partial charge in [-0.25, -0.2) is 9.78 Å². The SMILES string of the molecule is CC(C)[C@H](NC(=O)O)C(=O)N1[C@H](c2ncc(-c3ccc(Br)cc3)[nH]2)C[C@@H]2CCCC[C@@H]21. The summed E-state index contributed by atoms with van der Waals surface area (Å²) in [6, 6.07) is 7.23. The number of aromatic nitrogens is 2. The number of benzene rings is 1. The Balaban J connectivity index is 1.65. The van der Waals surface area contributed by atoms with Crippen molar-refractivity contribution in [2.45, 2.75) is 64.1 Å². The average Bonchev–Trinajstić information content (AvgIpc) is 3.36. The molecule has 166 valence electrons. The maximum atomic E-state index is 13.6. The van der Waals surface area contributed by atoms with Crippen LogP contribution < -0.4 is 5.32 Å². The molecule has 0 bridgehead atoms. The van der Waals surface area contributed by atoms with Crippen molar-refractivity contribution in [3.8, 4) is 11.3 Å². The summed E-state index contributed by atoms with van der Waals surface area (Å²) < 4.78 is 1.01. The number of nitrogens with one attached hydrogen (secondary N) is 2. The fourth-order valence-corrected chi connectivity index (χ4v) is 5.37. The highest BCUT2D eigenvalue weighted by Crippen LogP contribution is 2.46. The predicted molar refractivity (Wildman–Crippen MR) is 121 cm³/mol. The third-order valence-electron chi connectivity index (χ3n) is 6.62. The van der Waals surface area contributed by atoms with Gasteiger partial charge in [0.2, 0.25) is 5.91 Å². The molecule has 4 atom stereocenters. The van der Waals surface area contributed by atoms with Crippen molar-refractivity contribution in [3.05, 3.63) is 40.8 Å². The van der Waals surface area contributed by atoms with Gasteiger partial charge in [-0.3, -0.25) is 4.79 Å². The van der Waals surface area contributed by atoms with Crippen molar-refractivity contribution in [1.82, 2.24) is 20.2 Å². The van der Waals surface area contributed by atoms with Gasteiger partial charge in [0.1, 0.15) is 11.9 Å². The highest BCUT2D eigenvalue weighted by atomic mass is 79.9. The Labute approximate surface area is 190 Å². The van der Waals surface area contributed by atoms with Gasteiger partial charge in [0.15, 0.2) is 0 Å². The summed E-state index contributed by atoms with van der Waals surface area (Å²) >= 11 is 3.46. The number of nitrogens with zero attached hydrogens (tertiary/aromatic N) is 2. The lowest BCUT2D eigenvalue weighted by Gasteiger charge is -2.36. The largest absolute Gasteiger partial charge is 0.465 e. The van der Waals surface area contributed by atoms with Crippen LogP contribution in [0.4, 0.5) is 4.79 Å². The second-order valence-electron chi connectivity index (χ2n) is 8.97. The first-order chi connectivity index (χ1) is 14.8. The zero-order valence-electron chi connectivity index (χ0n) is 17.8. The molecule has 1 aliphatic carbocycles. The molecule has 2 aromatic rings. The Morgan fingerprint density at radius 2 is 1.94 bits per heavy atom. The quantitative estimate of drug-likeness (QED) is 0.553. The molecule has 0 radical (unpaired) electrons. The molecule has 0 spiro atoms. The van der Waals surface area contributed by atoms with E-state index in [9.17, 15) is 14.7 Å². The van der Waals surface area contributed by atoms with E-state index in [1.807, 2.05) is 49.2 Å². The van der Waals surface area contributed by atoms with Crippen LogP contribution in [0.3, 0.4) is 0 Å². The fourth-order valence-electron chi connectivity index (χ4n) is 5.11. The minimum atomic E-state index is -1.17. The Kier molecular flexibility index (Phi) is 6.36. The van der Waals surface area contributed by atoms with Crippen molar-refractivity contribution >= 4 is 27.9 Å². The highest BCUT2D eigenvalue weighted by molar-refractivity contribution is 9.10. The van der Waals surface area contributed by atoms with Crippen LogP contribution in [0.5, 0.6) is 0 Å². The van der Waals surface area contributed by atoms with Gasteiger partial charge in [-0.1, -0.05) is 54.8 Å². The van der Waals surface area contributed by atoms with E-state index >= 15 is 0 Å². The van der Waals surface area contributed by atoms with E-state index in [1.165, 1.54) is 6.42 Å². The first kappa shape index (κ1) is 21.9. The van der Waals surface area contributed by atoms with E-state index in [4.69, 9.17) is 0 Å². The van der Waals surface area contributed by atoms with Crippen LogP contribution in [0.2, 0.25) is 0 Å². The summed E-state index contributed by atoms with van der Waals surface area (Å²) in [6.45, 7) is 3.75. The standard InChI is InChI=1S/C23H29BrN4O3/c1-13(2)20(27-23(30)31)22(29)28-18-6-4-3-5-15(18)11-19(28)21-25-12-17(26-21)14-7-9-16(24)10-8-14/h7-10,12-13,15,18-20,27H,3-6,11H2,1-2H3,(H,25,26)(H,30,31)/t15-,18-,19-,20-/m0/s1. The second kappa shape index (κ2) is 9.02. The Morgan fingerprint density at radius 3 is 2.61 bits per heavy atom. The Bertz CT molecular complexity index is 943. The summed E-state index contributed by atoms with van der Waals surface area (Å²) in [7, 11) is 0. The third-order valence-corrected chi connectivity index (χ3v) is 7.15. The minimum absolute atomic E-state index is 0.137.